The van der Waals surface area contributed by atoms with Gasteiger partial charge in [-0.15, -0.1) is 0 Å². The lowest BCUT2D eigenvalue weighted by Gasteiger charge is -2.27. The first-order chi connectivity index (χ1) is 15.5. The molecule has 1 aliphatic carbocycles. The Kier molecular flexibility index (Phi) is 5.18. The van der Waals surface area contributed by atoms with Crippen molar-refractivity contribution in [2.24, 2.45) is 0 Å². The maximum Gasteiger partial charge on any atom is 0.246 e. The molecule has 0 fully saturated rings. The Balaban J connectivity index is 1.35. The van der Waals surface area contributed by atoms with E-state index in [4.69, 9.17) is 4.98 Å². The summed E-state index contributed by atoms with van der Waals surface area (Å²) >= 11 is 0. The molecule has 1 aromatic carbocycles. The highest BCUT2D eigenvalue weighted by Gasteiger charge is 2.24. The van der Waals surface area contributed by atoms with Crippen molar-refractivity contribution in [2.75, 3.05) is 5.32 Å². The molecule has 1 unspecified atom stereocenters. The van der Waals surface area contributed by atoms with Gasteiger partial charge in [0.05, 0.1) is 11.7 Å². The number of hydrogen-bond donors (Lipinski definition) is 4. The lowest BCUT2D eigenvalue weighted by atomic mass is 9.92. The van der Waals surface area contributed by atoms with Crippen LogP contribution in [0.3, 0.4) is 0 Å². The second-order valence-corrected chi connectivity index (χ2v) is 8.32. The number of carbonyl (C=O) groups is 1. The first kappa shape index (κ1) is 20.0. The minimum absolute atomic E-state index is 0.0274. The number of H-pyrrole nitrogens is 1. The lowest BCUT2D eigenvalue weighted by molar-refractivity contribution is -0.122. The van der Waals surface area contributed by atoms with Crippen molar-refractivity contribution in [3.05, 3.63) is 72.0 Å². The minimum atomic E-state index is -0.376. The second kappa shape index (κ2) is 8.30. The van der Waals surface area contributed by atoms with Crippen molar-refractivity contribution >= 4 is 33.9 Å². The number of hydrogen-bond acceptors (Lipinski definition) is 6. The monoisotopic (exact) mass is 427 g/mol. The van der Waals surface area contributed by atoms with Gasteiger partial charge in [0.25, 0.3) is 0 Å². The third-order valence-electron chi connectivity index (χ3n) is 5.50. The summed E-state index contributed by atoms with van der Waals surface area (Å²) in [5.74, 6) is 1.38. The molecule has 5 rings (SSSR count). The molecule has 0 radical (unpaired) electrons. The number of nitrogens with one attached hydrogen (secondary N) is 4. The Morgan fingerprint density at radius 2 is 2.12 bits per heavy atom. The van der Waals surface area contributed by atoms with Crippen LogP contribution < -0.4 is 16.0 Å². The number of amides is 1. The number of aromatic amines is 1. The largest absolute Gasteiger partial charge is 0.370 e. The van der Waals surface area contributed by atoms with E-state index < -0.39 is 0 Å². The fourth-order valence-electron chi connectivity index (χ4n) is 3.93. The molecule has 32 heavy (non-hydrogen) atoms. The number of anilines is 2. The molecule has 162 valence electrons. The van der Waals surface area contributed by atoms with Gasteiger partial charge in [-0.05, 0) is 68.2 Å². The van der Waals surface area contributed by atoms with Crippen LogP contribution in [0.15, 0.2) is 66.2 Å². The SMILES string of the molecule is CC(C)NC(=O)C1C=CC2=C(C=C(c3nccc(Nc4ccc5[nH]ncc5c4)n3)CC2)N1. The third kappa shape index (κ3) is 4.12. The quantitative estimate of drug-likeness (QED) is 0.496. The van der Waals surface area contributed by atoms with E-state index in [2.05, 4.69) is 43.3 Å². The van der Waals surface area contributed by atoms with Gasteiger partial charge in [-0.25, -0.2) is 9.97 Å². The molecule has 0 saturated heterocycles. The molecule has 1 amide bonds. The summed E-state index contributed by atoms with van der Waals surface area (Å²) in [4.78, 5) is 21.6. The standard InChI is InChI=1S/C24H25N7O/c1-14(2)27-24(32)20-7-5-15-3-4-16(12-21(15)29-20)23-25-10-9-22(30-23)28-18-6-8-19-17(11-18)13-26-31-19/h5-14,20,29H,3-4H2,1-2H3,(H,26,31)(H,27,32)(H,25,28,30). The number of allylic oxidation sites excluding steroid dienone is 4. The van der Waals surface area contributed by atoms with Crippen LogP contribution in [0.2, 0.25) is 0 Å². The van der Waals surface area contributed by atoms with Crippen LogP contribution in [-0.2, 0) is 4.79 Å². The minimum Gasteiger partial charge on any atom is -0.370 e. The average molecular weight is 428 g/mol. The van der Waals surface area contributed by atoms with Crippen LogP contribution in [0, 0.1) is 0 Å². The fourth-order valence-corrected chi connectivity index (χ4v) is 3.93. The van der Waals surface area contributed by atoms with Crippen molar-refractivity contribution in [1.82, 2.24) is 30.8 Å². The molecule has 3 heterocycles. The maximum atomic E-state index is 12.4. The average Bonchev–Trinajstić information content (AvgIpc) is 3.26. The van der Waals surface area contributed by atoms with Gasteiger partial charge in [-0.1, -0.05) is 12.2 Å². The highest BCUT2D eigenvalue weighted by Crippen LogP contribution is 2.31. The zero-order chi connectivity index (χ0) is 22.1. The molecule has 0 bridgehead atoms. The van der Waals surface area contributed by atoms with Crippen LogP contribution in [0.1, 0.15) is 32.5 Å². The van der Waals surface area contributed by atoms with Crippen LogP contribution in [0.4, 0.5) is 11.5 Å². The number of dihydropyridines is 1. The highest BCUT2D eigenvalue weighted by molar-refractivity contribution is 5.85. The van der Waals surface area contributed by atoms with Gasteiger partial charge >= 0.3 is 0 Å². The molecule has 4 N–H and O–H groups in total. The van der Waals surface area contributed by atoms with Gasteiger partial charge in [0.1, 0.15) is 11.9 Å². The van der Waals surface area contributed by atoms with E-state index >= 15 is 0 Å². The summed E-state index contributed by atoms with van der Waals surface area (Å²) in [6.45, 7) is 3.92. The molecule has 1 atom stereocenters. The smallest absolute Gasteiger partial charge is 0.246 e. The van der Waals surface area contributed by atoms with Crippen molar-refractivity contribution in [3.63, 3.8) is 0 Å². The van der Waals surface area contributed by atoms with Gasteiger partial charge < -0.3 is 16.0 Å². The molecule has 3 aromatic rings. The predicted octanol–water partition coefficient (Wildman–Crippen LogP) is 3.58. The van der Waals surface area contributed by atoms with Crippen molar-refractivity contribution in [2.45, 2.75) is 38.8 Å². The Bertz CT molecular complexity index is 1270. The number of fused-ring (bicyclic) bond motifs is 1. The first-order valence-electron chi connectivity index (χ1n) is 10.8. The van der Waals surface area contributed by atoms with Gasteiger partial charge in [-0.3, -0.25) is 9.89 Å². The van der Waals surface area contributed by atoms with E-state index in [0.29, 0.717) is 5.82 Å². The molecule has 0 spiro atoms. The van der Waals surface area contributed by atoms with Gasteiger partial charge in [-0.2, -0.15) is 5.10 Å². The Hall–Kier alpha value is -3.94. The number of rotatable bonds is 5. The Labute approximate surface area is 185 Å². The normalized spacial score (nSPS) is 17.7. The summed E-state index contributed by atoms with van der Waals surface area (Å²) in [5.41, 5.74) is 5.13. The first-order valence-corrected chi connectivity index (χ1v) is 10.8. The lowest BCUT2D eigenvalue weighted by Crippen LogP contribution is -2.46. The molecule has 8 heteroatoms. The maximum absolute atomic E-state index is 12.4. The summed E-state index contributed by atoms with van der Waals surface area (Å²) < 4.78 is 0. The Morgan fingerprint density at radius 1 is 1.22 bits per heavy atom. The number of benzene rings is 1. The van der Waals surface area contributed by atoms with E-state index in [0.717, 1.165) is 46.5 Å². The molecule has 2 aliphatic rings. The van der Waals surface area contributed by atoms with E-state index in [1.54, 1.807) is 12.4 Å². The zero-order valence-corrected chi connectivity index (χ0v) is 18.0. The van der Waals surface area contributed by atoms with Gasteiger partial charge in [0.2, 0.25) is 5.91 Å². The molecule has 0 saturated carbocycles. The van der Waals surface area contributed by atoms with Gasteiger partial charge in [0.15, 0.2) is 5.82 Å². The van der Waals surface area contributed by atoms with Gasteiger partial charge in [0, 0.05) is 29.0 Å². The summed E-state index contributed by atoms with van der Waals surface area (Å²) in [7, 11) is 0. The molecule has 1 aliphatic heterocycles. The van der Waals surface area contributed by atoms with Crippen LogP contribution >= 0.6 is 0 Å². The topological polar surface area (TPSA) is 108 Å². The highest BCUT2D eigenvalue weighted by atomic mass is 16.2. The van der Waals surface area contributed by atoms with Crippen LogP contribution in [0.5, 0.6) is 0 Å². The fraction of sp³-hybridized carbons (Fsp3) is 0.250. The van der Waals surface area contributed by atoms with E-state index in [1.807, 2.05) is 44.2 Å². The number of nitrogens with zero attached hydrogens (tertiary/aromatic N) is 3. The summed E-state index contributed by atoms with van der Waals surface area (Å²) in [5, 5.41) is 17.7. The second-order valence-electron chi connectivity index (χ2n) is 8.32. The molecule has 2 aromatic heterocycles. The van der Waals surface area contributed by atoms with Crippen molar-refractivity contribution < 1.29 is 4.79 Å². The summed E-state index contributed by atoms with van der Waals surface area (Å²) in [6.07, 6.45) is 11.3. The zero-order valence-electron chi connectivity index (χ0n) is 18.0. The Morgan fingerprint density at radius 3 is 3.00 bits per heavy atom. The summed E-state index contributed by atoms with van der Waals surface area (Å²) in [6, 6.07) is 7.57. The van der Waals surface area contributed by atoms with Crippen LogP contribution in [0.25, 0.3) is 16.5 Å². The van der Waals surface area contributed by atoms with Crippen molar-refractivity contribution in [3.8, 4) is 0 Å². The number of aromatic nitrogens is 4. The third-order valence-corrected chi connectivity index (χ3v) is 5.50. The van der Waals surface area contributed by atoms with Crippen LogP contribution in [-0.4, -0.2) is 38.2 Å². The predicted molar refractivity (Wildman–Crippen MR) is 125 cm³/mol. The van der Waals surface area contributed by atoms with E-state index in [9.17, 15) is 4.79 Å². The molecular formula is C24H25N7O. The molecular weight excluding hydrogens is 402 g/mol. The van der Waals surface area contributed by atoms with Crippen molar-refractivity contribution in [1.29, 1.82) is 0 Å². The van der Waals surface area contributed by atoms with E-state index in [-0.39, 0.29) is 18.0 Å². The molecule has 8 nitrogen and oxygen atoms in total. The number of carbonyl (C=O) groups excluding carboxylic acids is 1. The van der Waals surface area contributed by atoms with E-state index in [1.165, 1.54) is 5.57 Å².